The fraction of sp³-hybridized carbons (Fsp3) is 0.667. The van der Waals surface area contributed by atoms with Gasteiger partial charge in [0.1, 0.15) is 5.82 Å². The molecule has 0 amide bonds. The molecule has 0 aromatic carbocycles. The van der Waals surface area contributed by atoms with E-state index in [1.165, 1.54) is 32.1 Å². The molecule has 3 rings (SSSR count). The van der Waals surface area contributed by atoms with Gasteiger partial charge in [-0.3, -0.25) is 0 Å². The first-order valence-corrected chi connectivity index (χ1v) is 6.43. The van der Waals surface area contributed by atoms with E-state index in [4.69, 9.17) is 11.6 Å². The minimum absolute atomic E-state index is 0.453. The van der Waals surface area contributed by atoms with E-state index < -0.39 is 0 Å². The minimum Gasteiger partial charge on any atom is -0.366 e. The summed E-state index contributed by atoms with van der Waals surface area (Å²) in [5.41, 5.74) is 0. The number of nitrogens with one attached hydrogen (secondary N) is 1. The van der Waals surface area contributed by atoms with Gasteiger partial charge in [-0.05, 0) is 43.2 Å². The van der Waals surface area contributed by atoms with E-state index in [2.05, 4.69) is 15.5 Å². The third kappa shape index (κ3) is 2.14. The number of aromatic nitrogens is 2. The number of rotatable bonds is 2. The van der Waals surface area contributed by atoms with Crippen molar-refractivity contribution in [3.05, 3.63) is 17.3 Å². The maximum Gasteiger partial charge on any atom is 0.151 e. The van der Waals surface area contributed by atoms with Gasteiger partial charge < -0.3 is 5.32 Å². The first kappa shape index (κ1) is 10.3. The normalized spacial score (nSPS) is 32.7. The molecule has 2 fully saturated rings. The fourth-order valence-corrected chi connectivity index (χ4v) is 3.33. The van der Waals surface area contributed by atoms with Gasteiger partial charge in [0, 0.05) is 6.04 Å². The Morgan fingerprint density at radius 3 is 2.44 bits per heavy atom. The van der Waals surface area contributed by atoms with Crippen molar-refractivity contribution in [3.8, 4) is 0 Å². The van der Waals surface area contributed by atoms with Crippen LogP contribution in [0.15, 0.2) is 12.1 Å². The van der Waals surface area contributed by atoms with E-state index in [9.17, 15) is 0 Å². The summed E-state index contributed by atoms with van der Waals surface area (Å²) in [4.78, 5) is 0. The Hall–Kier alpha value is -0.830. The predicted molar refractivity (Wildman–Crippen MR) is 64.5 cm³/mol. The van der Waals surface area contributed by atoms with Crippen LogP contribution < -0.4 is 5.32 Å². The summed E-state index contributed by atoms with van der Waals surface area (Å²) in [7, 11) is 0. The van der Waals surface area contributed by atoms with Crippen molar-refractivity contribution in [1.29, 1.82) is 0 Å². The van der Waals surface area contributed by atoms with Gasteiger partial charge >= 0.3 is 0 Å². The van der Waals surface area contributed by atoms with Crippen LogP contribution in [0.2, 0.25) is 5.15 Å². The van der Waals surface area contributed by atoms with Crippen LogP contribution in [0.25, 0.3) is 0 Å². The molecule has 2 saturated carbocycles. The highest BCUT2D eigenvalue weighted by molar-refractivity contribution is 6.29. The molecule has 1 heterocycles. The Balaban J connectivity index is 1.64. The zero-order valence-electron chi connectivity index (χ0n) is 9.19. The van der Waals surface area contributed by atoms with E-state index in [1.54, 1.807) is 6.07 Å². The summed E-state index contributed by atoms with van der Waals surface area (Å²) in [6.07, 6.45) is 6.89. The number of hydrogen-bond donors (Lipinski definition) is 1. The second-order valence-corrected chi connectivity index (χ2v) is 5.49. The molecule has 4 heteroatoms. The van der Waals surface area contributed by atoms with Gasteiger partial charge in [0.25, 0.3) is 0 Å². The zero-order chi connectivity index (χ0) is 11.0. The van der Waals surface area contributed by atoms with E-state index in [0.717, 1.165) is 17.7 Å². The molecule has 2 aliphatic carbocycles. The second-order valence-electron chi connectivity index (χ2n) is 5.10. The van der Waals surface area contributed by atoms with Crippen molar-refractivity contribution in [2.45, 2.75) is 38.1 Å². The highest BCUT2D eigenvalue weighted by Crippen LogP contribution is 2.42. The molecule has 0 spiro atoms. The van der Waals surface area contributed by atoms with E-state index >= 15 is 0 Å². The van der Waals surface area contributed by atoms with Gasteiger partial charge in [0.15, 0.2) is 5.15 Å². The van der Waals surface area contributed by atoms with Crippen LogP contribution >= 0.6 is 11.6 Å². The molecule has 1 aromatic heterocycles. The van der Waals surface area contributed by atoms with Gasteiger partial charge in [-0.25, -0.2) is 0 Å². The monoisotopic (exact) mass is 237 g/mol. The number of anilines is 1. The van der Waals surface area contributed by atoms with Gasteiger partial charge in [0.2, 0.25) is 0 Å². The Bertz CT molecular complexity index is 353. The first-order chi connectivity index (χ1) is 7.79. The standard InChI is InChI=1S/C12H16ClN3/c13-11-3-4-12(16-15-11)14-10-6-8-1-2-9(5-8)7-10/h3-4,8-10H,1-2,5-7H2,(H,14,16)/t8-,9+,10?. The summed E-state index contributed by atoms with van der Waals surface area (Å²) in [6.45, 7) is 0. The summed E-state index contributed by atoms with van der Waals surface area (Å²) in [5.74, 6) is 2.74. The van der Waals surface area contributed by atoms with Crippen LogP contribution in [-0.2, 0) is 0 Å². The first-order valence-electron chi connectivity index (χ1n) is 6.05. The molecule has 1 N–H and O–H groups in total. The lowest BCUT2D eigenvalue weighted by atomic mass is 9.85. The molecule has 2 aliphatic rings. The second kappa shape index (κ2) is 4.21. The van der Waals surface area contributed by atoms with Crippen molar-refractivity contribution in [2.24, 2.45) is 11.8 Å². The van der Waals surface area contributed by atoms with Crippen LogP contribution in [0.3, 0.4) is 0 Å². The lowest BCUT2D eigenvalue weighted by Crippen LogP contribution is -2.28. The largest absolute Gasteiger partial charge is 0.366 e. The quantitative estimate of drug-likeness (QED) is 0.859. The van der Waals surface area contributed by atoms with Crippen molar-refractivity contribution in [3.63, 3.8) is 0 Å². The minimum atomic E-state index is 0.453. The summed E-state index contributed by atoms with van der Waals surface area (Å²) in [6, 6.07) is 4.28. The van der Waals surface area contributed by atoms with Crippen LogP contribution in [0.1, 0.15) is 32.1 Å². The molecule has 0 radical (unpaired) electrons. The molecule has 1 aromatic rings. The highest BCUT2D eigenvalue weighted by atomic mass is 35.5. The van der Waals surface area contributed by atoms with Gasteiger partial charge in [-0.2, -0.15) is 0 Å². The average Bonchev–Trinajstić information content (AvgIpc) is 2.62. The third-order valence-electron chi connectivity index (χ3n) is 3.87. The molecular formula is C12H16ClN3. The van der Waals surface area contributed by atoms with Crippen LogP contribution in [-0.4, -0.2) is 16.2 Å². The molecule has 86 valence electrons. The molecule has 2 bridgehead atoms. The third-order valence-corrected chi connectivity index (χ3v) is 4.07. The predicted octanol–water partition coefficient (Wildman–Crippen LogP) is 3.12. The van der Waals surface area contributed by atoms with Crippen LogP contribution in [0, 0.1) is 11.8 Å². The maximum absolute atomic E-state index is 5.71. The van der Waals surface area contributed by atoms with Crippen molar-refractivity contribution < 1.29 is 0 Å². The molecule has 3 nitrogen and oxygen atoms in total. The SMILES string of the molecule is Clc1ccc(NC2C[C@H]3CC[C@@H](C2)C3)nn1. The summed E-state index contributed by atoms with van der Waals surface area (Å²) >= 11 is 5.71. The van der Waals surface area contributed by atoms with Crippen molar-refractivity contribution >= 4 is 17.4 Å². The summed E-state index contributed by atoms with van der Waals surface area (Å²) < 4.78 is 0. The highest BCUT2D eigenvalue weighted by Gasteiger charge is 2.33. The van der Waals surface area contributed by atoms with E-state index in [-0.39, 0.29) is 0 Å². The van der Waals surface area contributed by atoms with Crippen LogP contribution in [0.4, 0.5) is 5.82 Å². The van der Waals surface area contributed by atoms with Crippen molar-refractivity contribution in [2.75, 3.05) is 5.32 Å². The van der Waals surface area contributed by atoms with Gasteiger partial charge in [0.05, 0.1) is 0 Å². The number of hydrogen-bond acceptors (Lipinski definition) is 3. The average molecular weight is 238 g/mol. The van der Waals surface area contributed by atoms with Crippen molar-refractivity contribution in [1.82, 2.24) is 10.2 Å². The topological polar surface area (TPSA) is 37.8 Å². The fourth-order valence-electron chi connectivity index (χ4n) is 3.23. The molecule has 16 heavy (non-hydrogen) atoms. The molecule has 1 unspecified atom stereocenters. The van der Waals surface area contributed by atoms with E-state index in [0.29, 0.717) is 11.2 Å². The number of halogens is 1. The zero-order valence-corrected chi connectivity index (χ0v) is 9.95. The molecule has 0 aliphatic heterocycles. The molecule has 0 saturated heterocycles. The maximum atomic E-state index is 5.71. The van der Waals surface area contributed by atoms with Crippen LogP contribution in [0.5, 0.6) is 0 Å². The summed E-state index contributed by atoms with van der Waals surface area (Å²) in [5, 5.41) is 11.8. The lowest BCUT2D eigenvalue weighted by Gasteiger charge is -2.28. The smallest absolute Gasteiger partial charge is 0.151 e. The van der Waals surface area contributed by atoms with Gasteiger partial charge in [-0.15, -0.1) is 10.2 Å². The number of nitrogens with zero attached hydrogens (tertiary/aromatic N) is 2. The number of fused-ring (bicyclic) bond motifs is 2. The lowest BCUT2D eigenvalue weighted by molar-refractivity contribution is 0.333. The molecule has 3 atom stereocenters. The Morgan fingerprint density at radius 2 is 1.81 bits per heavy atom. The Morgan fingerprint density at radius 1 is 1.06 bits per heavy atom. The Labute approximate surface area is 101 Å². The van der Waals surface area contributed by atoms with Gasteiger partial charge in [-0.1, -0.05) is 24.4 Å². The Kier molecular flexibility index (Phi) is 2.72. The van der Waals surface area contributed by atoms with E-state index in [1.807, 2.05) is 6.07 Å². The molecular weight excluding hydrogens is 222 g/mol.